The van der Waals surface area contributed by atoms with Gasteiger partial charge in [-0.1, -0.05) is 17.7 Å². The highest BCUT2D eigenvalue weighted by molar-refractivity contribution is 6.31. The van der Waals surface area contributed by atoms with Gasteiger partial charge < -0.3 is 15.0 Å². The van der Waals surface area contributed by atoms with E-state index in [4.69, 9.17) is 11.6 Å². The Hall–Kier alpha value is -1.95. The van der Waals surface area contributed by atoms with Gasteiger partial charge in [0.1, 0.15) is 5.69 Å². The molecule has 4 rings (SSSR count). The Kier molecular flexibility index (Phi) is 3.56. The molecule has 5 nitrogen and oxygen atoms in total. The highest BCUT2D eigenvalue weighted by Gasteiger charge is 2.32. The fourth-order valence-electron chi connectivity index (χ4n) is 3.07. The number of pyridine rings is 1. The zero-order chi connectivity index (χ0) is 15.9. The molecule has 23 heavy (non-hydrogen) atoms. The Labute approximate surface area is 138 Å². The lowest BCUT2D eigenvalue weighted by molar-refractivity contribution is 0.0436. The number of imidazole rings is 1. The molecule has 2 aromatic heterocycles. The van der Waals surface area contributed by atoms with Gasteiger partial charge in [0, 0.05) is 29.3 Å². The van der Waals surface area contributed by atoms with Gasteiger partial charge in [0.2, 0.25) is 0 Å². The summed E-state index contributed by atoms with van der Waals surface area (Å²) in [5, 5.41) is 15.5. The minimum absolute atomic E-state index is 0.510. The number of benzene rings is 1. The predicted molar refractivity (Wildman–Crippen MR) is 90.4 cm³/mol. The Balaban J connectivity index is 1.71. The molecule has 1 saturated heterocycles. The van der Waals surface area contributed by atoms with E-state index in [1.165, 1.54) is 0 Å². The molecule has 6 heteroatoms. The van der Waals surface area contributed by atoms with Crippen molar-refractivity contribution in [2.24, 2.45) is 0 Å². The van der Waals surface area contributed by atoms with Gasteiger partial charge in [0.15, 0.2) is 5.82 Å². The fraction of sp³-hybridized carbons (Fsp3) is 0.294. The standard InChI is InChI=1S/C17H17ClN4O/c18-13-2-4-14-12(9-13)1-3-15(21-14)16-20-7-8-22(16)11-17(23)5-6-19-10-17/h1-4,7-9,19,23H,5-6,10-11H2. The molecule has 0 amide bonds. The normalized spacial score (nSPS) is 21.1. The number of hydrogen-bond donors (Lipinski definition) is 2. The summed E-state index contributed by atoms with van der Waals surface area (Å²) in [5.41, 5.74) is 0.946. The summed E-state index contributed by atoms with van der Waals surface area (Å²) in [4.78, 5) is 9.10. The van der Waals surface area contributed by atoms with Gasteiger partial charge >= 0.3 is 0 Å². The third kappa shape index (κ3) is 2.83. The fourth-order valence-corrected chi connectivity index (χ4v) is 3.25. The molecule has 0 bridgehead atoms. The maximum atomic E-state index is 10.6. The molecule has 2 N–H and O–H groups in total. The molecule has 1 aromatic carbocycles. The van der Waals surface area contributed by atoms with Crippen molar-refractivity contribution >= 4 is 22.5 Å². The van der Waals surface area contributed by atoms with E-state index in [2.05, 4.69) is 15.3 Å². The van der Waals surface area contributed by atoms with E-state index >= 15 is 0 Å². The van der Waals surface area contributed by atoms with Crippen LogP contribution >= 0.6 is 11.6 Å². The van der Waals surface area contributed by atoms with E-state index in [1.54, 1.807) is 6.20 Å². The summed E-state index contributed by atoms with van der Waals surface area (Å²) in [5.74, 6) is 0.766. The number of nitrogens with one attached hydrogen (secondary N) is 1. The number of fused-ring (bicyclic) bond motifs is 1. The molecule has 0 radical (unpaired) electrons. The number of β-amino-alcohol motifs (C(OH)–C–C–N with tert-alkyl or cyclic N) is 1. The van der Waals surface area contributed by atoms with Crippen molar-refractivity contribution in [3.63, 3.8) is 0 Å². The van der Waals surface area contributed by atoms with Crippen LogP contribution in [0.15, 0.2) is 42.7 Å². The summed E-state index contributed by atoms with van der Waals surface area (Å²) in [6.45, 7) is 1.96. The van der Waals surface area contributed by atoms with Crippen LogP contribution in [0.4, 0.5) is 0 Å². The molecule has 0 saturated carbocycles. The molecule has 1 fully saturated rings. The number of rotatable bonds is 3. The second-order valence-electron chi connectivity index (χ2n) is 6.06. The average Bonchev–Trinajstić information content (AvgIpc) is 3.16. The molecule has 3 aromatic rings. The third-order valence-corrected chi connectivity index (χ3v) is 4.52. The first-order valence-electron chi connectivity index (χ1n) is 7.64. The molecule has 1 atom stereocenters. The van der Waals surface area contributed by atoms with Crippen molar-refractivity contribution in [3.8, 4) is 11.5 Å². The monoisotopic (exact) mass is 328 g/mol. The lowest BCUT2D eigenvalue weighted by Gasteiger charge is -2.22. The van der Waals surface area contributed by atoms with E-state index < -0.39 is 5.60 Å². The quantitative estimate of drug-likeness (QED) is 0.775. The molecule has 0 spiro atoms. The zero-order valence-corrected chi connectivity index (χ0v) is 13.3. The number of hydrogen-bond acceptors (Lipinski definition) is 4. The molecule has 1 aliphatic rings. The topological polar surface area (TPSA) is 63.0 Å². The second-order valence-corrected chi connectivity index (χ2v) is 6.50. The van der Waals surface area contributed by atoms with Crippen LogP contribution in [0.2, 0.25) is 5.02 Å². The molecule has 3 heterocycles. The molecule has 0 aliphatic carbocycles. The Morgan fingerprint density at radius 3 is 3.04 bits per heavy atom. The van der Waals surface area contributed by atoms with Gasteiger partial charge in [-0.05, 0) is 37.2 Å². The Morgan fingerprint density at radius 1 is 1.30 bits per heavy atom. The van der Waals surface area contributed by atoms with Crippen molar-refractivity contribution in [3.05, 3.63) is 47.7 Å². The summed E-state index contributed by atoms with van der Waals surface area (Å²) in [6, 6.07) is 9.57. The smallest absolute Gasteiger partial charge is 0.158 e. The number of aromatic nitrogens is 3. The first-order valence-corrected chi connectivity index (χ1v) is 8.02. The molecule has 118 valence electrons. The van der Waals surface area contributed by atoms with E-state index in [9.17, 15) is 5.11 Å². The lowest BCUT2D eigenvalue weighted by atomic mass is 10.0. The van der Waals surface area contributed by atoms with Crippen LogP contribution in [0.5, 0.6) is 0 Å². The minimum atomic E-state index is -0.722. The van der Waals surface area contributed by atoms with Crippen LogP contribution in [-0.4, -0.2) is 38.3 Å². The van der Waals surface area contributed by atoms with Crippen molar-refractivity contribution in [2.45, 2.75) is 18.6 Å². The summed E-state index contributed by atoms with van der Waals surface area (Å²) >= 11 is 6.02. The van der Waals surface area contributed by atoms with Crippen LogP contribution in [0, 0.1) is 0 Å². The van der Waals surface area contributed by atoms with E-state index in [0.717, 1.165) is 35.4 Å². The van der Waals surface area contributed by atoms with Gasteiger partial charge in [0.25, 0.3) is 0 Å². The van der Waals surface area contributed by atoms with Crippen LogP contribution in [-0.2, 0) is 6.54 Å². The van der Waals surface area contributed by atoms with Crippen molar-refractivity contribution in [1.82, 2.24) is 19.9 Å². The molecule has 1 aliphatic heterocycles. The largest absolute Gasteiger partial charge is 0.387 e. The maximum absolute atomic E-state index is 10.6. The lowest BCUT2D eigenvalue weighted by Crippen LogP contribution is -2.36. The van der Waals surface area contributed by atoms with Gasteiger partial charge in [-0.25, -0.2) is 9.97 Å². The highest BCUT2D eigenvalue weighted by Crippen LogP contribution is 2.24. The van der Waals surface area contributed by atoms with Crippen molar-refractivity contribution in [2.75, 3.05) is 13.1 Å². The SMILES string of the molecule is OC1(Cn2ccnc2-c2ccc3cc(Cl)ccc3n2)CCNC1. The van der Waals surface area contributed by atoms with E-state index in [0.29, 0.717) is 18.1 Å². The van der Waals surface area contributed by atoms with Gasteiger partial charge in [-0.3, -0.25) is 0 Å². The summed E-state index contributed by atoms with van der Waals surface area (Å²) < 4.78 is 1.97. The van der Waals surface area contributed by atoms with Crippen molar-refractivity contribution in [1.29, 1.82) is 0 Å². The Bertz CT molecular complexity index is 855. The third-order valence-electron chi connectivity index (χ3n) is 4.28. The first kappa shape index (κ1) is 14.6. The van der Waals surface area contributed by atoms with Gasteiger partial charge in [-0.15, -0.1) is 0 Å². The number of aliphatic hydroxyl groups is 1. The van der Waals surface area contributed by atoms with E-state index in [-0.39, 0.29) is 0 Å². The highest BCUT2D eigenvalue weighted by atomic mass is 35.5. The van der Waals surface area contributed by atoms with Crippen LogP contribution in [0.1, 0.15) is 6.42 Å². The van der Waals surface area contributed by atoms with Gasteiger partial charge in [0.05, 0.1) is 17.7 Å². The minimum Gasteiger partial charge on any atom is -0.387 e. The summed E-state index contributed by atoms with van der Waals surface area (Å²) in [7, 11) is 0. The van der Waals surface area contributed by atoms with E-state index in [1.807, 2.05) is 41.1 Å². The molecular formula is C17H17ClN4O. The predicted octanol–water partition coefficient (Wildman–Crippen LogP) is 2.48. The molecule has 1 unspecified atom stereocenters. The Morgan fingerprint density at radius 2 is 2.22 bits per heavy atom. The maximum Gasteiger partial charge on any atom is 0.158 e. The average molecular weight is 329 g/mol. The second kappa shape index (κ2) is 5.60. The zero-order valence-electron chi connectivity index (χ0n) is 12.5. The van der Waals surface area contributed by atoms with Gasteiger partial charge in [-0.2, -0.15) is 0 Å². The van der Waals surface area contributed by atoms with Crippen LogP contribution in [0.25, 0.3) is 22.4 Å². The summed E-state index contributed by atoms with van der Waals surface area (Å²) in [6.07, 6.45) is 4.38. The number of halogens is 1. The number of nitrogens with zero attached hydrogens (tertiary/aromatic N) is 3. The molecular weight excluding hydrogens is 312 g/mol. The van der Waals surface area contributed by atoms with Crippen LogP contribution < -0.4 is 5.32 Å². The first-order chi connectivity index (χ1) is 11.1. The van der Waals surface area contributed by atoms with Crippen LogP contribution in [0.3, 0.4) is 0 Å². The van der Waals surface area contributed by atoms with Crippen molar-refractivity contribution < 1.29 is 5.11 Å².